The van der Waals surface area contributed by atoms with Crippen molar-refractivity contribution in [2.24, 2.45) is 11.8 Å². The predicted molar refractivity (Wildman–Crippen MR) is 64.6 cm³/mol. The molecular formula is C14H18O3. The van der Waals surface area contributed by atoms with Crippen molar-refractivity contribution < 1.29 is 14.6 Å². The third-order valence-electron chi connectivity index (χ3n) is 3.37. The summed E-state index contributed by atoms with van der Waals surface area (Å²) in [6.07, 6.45) is 2.63. The highest BCUT2D eigenvalue weighted by Crippen LogP contribution is 2.36. The van der Waals surface area contributed by atoms with Crippen LogP contribution in [0, 0.1) is 11.8 Å². The minimum Gasteiger partial charge on any atom is -0.481 e. The van der Waals surface area contributed by atoms with Gasteiger partial charge in [-0.3, -0.25) is 4.79 Å². The number of hydrogen-bond acceptors (Lipinski definition) is 2. The van der Waals surface area contributed by atoms with Crippen LogP contribution in [0.25, 0.3) is 0 Å². The summed E-state index contributed by atoms with van der Waals surface area (Å²) in [5.74, 6) is -0.201. The number of aliphatic carboxylic acids is 1. The van der Waals surface area contributed by atoms with E-state index >= 15 is 0 Å². The zero-order valence-corrected chi connectivity index (χ0v) is 9.84. The molecule has 3 heteroatoms. The molecule has 0 bridgehead atoms. The number of carboxylic acid groups (broad SMARTS) is 1. The quantitative estimate of drug-likeness (QED) is 0.770. The molecule has 1 aromatic rings. The van der Waals surface area contributed by atoms with Crippen LogP contribution < -0.4 is 0 Å². The number of benzene rings is 1. The van der Waals surface area contributed by atoms with Gasteiger partial charge in [0.1, 0.15) is 0 Å². The fourth-order valence-electron chi connectivity index (χ4n) is 2.19. The minimum atomic E-state index is -0.647. The van der Waals surface area contributed by atoms with Gasteiger partial charge in [0.05, 0.1) is 12.5 Å². The molecule has 0 aromatic heterocycles. The third kappa shape index (κ3) is 3.56. The van der Waals surface area contributed by atoms with Crippen molar-refractivity contribution in [2.75, 3.05) is 6.61 Å². The summed E-state index contributed by atoms with van der Waals surface area (Å²) in [4.78, 5) is 10.6. The second-order valence-electron chi connectivity index (χ2n) is 4.70. The van der Waals surface area contributed by atoms with Crippen molar-refractivity contribution in [3.05, 3.63) is 35.9 Å². The number of hydrogen-bond donors (Lipinski definition) is 1. The van der Waals surface area contributed by atoms with Gasteiger partial charge in [0.25, 0.3) is 0 Å². The Morgan fingerprint density at radius 3 is 2.65 bits per heavy atom. The lowest BCUT2D eigenvalue weighted by Crippen LogP contribution is -2.30. The average Bonchev–Trinajstić information content (AvgIpc) is 2.27. The van der Waals surface area contributed by atoms with Gasteiger partial charge in [-0.1, -0.05) is 30.3 Å². The summed E-state index contributed by atoms with van der Waals surface area (Å²) in [7, 11) is 0. The van der Waals surface area contributed by atoms with Crippen LogP contribution in [0.1, 0.15) is 24.8 Å². The minimum absolute atomic E-state index is 0.103. The molecule has 0 heterocycles. The molecule has 1 aromatic carbocycles. The highest BCUT2D eigenvalue weighted by atomic mass is 16.5. The molecule has 17 heavy (non-hydrogen) atoms. The van der Waals surface area contributed by atoms with Crippen molar-refractivity contribution >= 4 is 5.97 Å². The van der Waals surface area contributed by atoms with Gasteiger partial charge in [-0.05, 0) is 30.7 Å². The molecule has 0 saturated heterocycles. The number of rotatable bonds is 6. The average molecular weight is 234 g/mol. The molecule has 1 aliphatic carbocycles. The number of carboxylic acids is 1. The van der Waals surface area contributed by atoms with E-state index in [1.54, 1.807) is 0 Å². The third-order valence-corrected chi connectivity index (χ3v) is 3.37. The first-order valence-corrected chi connectivity index (χ1v) is 6.10. The van der Waals surface area contributed by atoms with E-state index in [-0.39, 0.29) is 5.92 Å². The molecule has 1 N–H and O–H groups in total. The number of carbonyl (C=O) groups is 1. The normalized spacial score (nSPS) is 23.1. The summed E-state index contributed by atoms with van der Waals surface area (Å²) in [5.41, 5.74) is 1.18. The Labute approximate surface area is 101 Å². The molecule has 0 amide bonds. The SMILES string of the molecule is O=C(O)[C@H]1C[C@H](CCOCc2ccccc2)C1. The molecule has 0 aliphatic heterocycles. The van der Waals surface area contributed by atoms with Gasteiger partial charge in [-0.25, -0.2) is 0 Å². The van der Waals surface area contributed by atoms with Gasteiger partial charge < -0.3 is 9.84 Å². The molecule has 0 atom stereocenters. The zero-order chi connectivity index (χ0) is 12.1. The van der Waals surface area contributed by atoms with Crippen molar-refractivity contribution in [1.29, 1.82) is 0 Å². The summed E-state index contributed by atoms with van der Waals surface area (Å²) in [5, 5.41) is 8.74. The maximum atomic E-state index is 10.6. The molecular weight excluding hydrogens is 216 g/mol. The van der Waals surface area contributed by atoms with E-state index in [1.807, 2.05) is 30.3 Å². The molecule has 1 fully saturated rings. The van der Waals surface area contributed by atoms with Crippen LogP contribution >= 0.6 is 0 Å². The molecule has 3 nitrogen and oxygen atoms in total. The Kier molecular flexibility index (Phi) is 4.15. The van der Waals surface area contributed by atoms with Gasteiger partial charge in [-0.15, -0.1) is 0 Å². The second kappa shape index (κ2) is 5.82. The summed E-state index contributed by atoms with van der Waals surface area (Å²) < 4.78 is 5.57. The van der Waals surface area contributed by atoms with Crippen LogP contribution in [0.2, 0.25) is 0 Å². The van der Waals surface area contributed by atoms with Gasteiger partial charge in [-0.2, -0.15) is 0 Å². The maximum Gasteiger partial charge on any atom is 0.306 e. The molecule has 2 rings (SSSR count). The van der Waals surface area contributed by atoms with E-state index in [0.29, 0.717) is 12.5 Å². The highest BCUT2D eigenvalue weighted by Gasteiger charge is 2.33. The molecule has 0 radical (unpaired) electrons. The van der Waals surface area contributed by atoms with E-state index in [1.165, 1.54) is 5.56 Å². The molecule has 1 aliphatic rings. The lowest BCUT2D eigenvalue weighted by atomic mass is 9.73. The second-order valence-corrected chi connectivity index (χ2v) is 4.70. The monoisotopic (exact) mass is 234 g/mol. The summed E-state index contributed by atoms with van der Waals surface area (Å²) in [6, 6.07) is 10.1. The van der Waals surface area contributed by atoms with Crippen LogP contribution in [0.5, 0.6) is 0 Å². The van der Waals surface area contributed by atoms with Crippen molar-refractivity contribution in [3.63, 3.8) is 0 Å². The fourth-order valence-corrected chi connectivity index (χ4v) is 2.19. The van der Waals surface area contributed by atoms with E-state index in [2.05, 4.69) is 0 Å². The van der Waals surface area contributed by atoms with Crippen LogP contribution in [0.3, 0.4) is 0 Å². The van der Waals surface area contributed by atoms with Crippen molar-refractivity contribution in [3.8, 4) is 0 Å². The smallest absolute Gasteiger partial charge is 0.306 e. The standard InChI is InChI=1S/C14H18O3/c15-14(16)13-8-12(9-13)6-7-17-10-11-4-2-1-3-5-11/h1-5,12-13H,6-10H2,(H,15,16)/t12-,13-. The Hall–Kier alpha value is -1.35. The van der Waals surface area contributed by atoms with E-state index in [4.69, 9.17) is 9.84 Å². The lowest BCUT2D eigenvalue weighted by molar-refractivity contribution is -0.146. The summed E-state index contributed by atoms with van der Waals surface area (Å²) in [6.45, 7) is 1.38. The van der Waals surface area contributed by atoms with Gasteiger partial charge >= 0.3 is 5.97 Å². The Morgan fingerprint density at radius 1 is 1.29 bits per heavy atom. The molecule has 0 spiro atoms. The zero-order valence-electron chi connectivity index (χ0n) is 9.84. The largest absolute Gasteiger partial charge is 0.481 e. The first-order chi connectivity index (χ1) is 8.25. The molecule has 0 unspecified atom stereocenters. The van der Waals surface area contributed by atoms with E-state index < -0.39 is 5.97 Å². The number of ether oxygens (including phenoxy) is 1. The Bertz CT molecular complexity index is 355. The topological polar surface area (TPSA) is 46.5 Å². The van der Waals surface area contributed by atoms with E-state index in [0.717, 1.165) is 25.9 Å². The van der Waals surface area contributed by atoms with Gasteiger partial charge in [0.15, 0.2) is 0 Å². The highest BCUT2D eigenvalue weighted by molar-refractivity contribution is 5.71. The molecule has 92 valence electrons. The van der Waals surface area contributed by atoms with Crippen LogP contribution in [-0.4, -0.2) is 17.7 Å². The van der Waals surface area contributed by atoms with Gasteiger partial charge in [0.2, 0.25) is 0 Å². The lowest BCUT2D eigenvalue weighted by Gasteiger charge is -2.32. The van der Waals surface area contributed by atoms with Crippen LogP contribution in [0.4, 0.5) is 0 Å². The summed E-state index contributed by atoms with van der Waals surface area (Å²) >= 11 is 0. The molecule has 1 saturated carbocycles. The van der Waals surface area contributed by atoms with Crippen molar-refractivity contribution in [1.82, 2.24) is 0 Å². The maximum absolute atomic E-state index is 10.6. The first kappa shape index (κ1) is 12.1. The van der Waals surface area contributed by atoms with Crippen LogP contribution in [-0.2, 0) is 16.1 Å². The Morgan fingerprint density at radius 2 is 2.00 bits per heavy atom. The van der Waals surface area contributed by atoms with Gasteiger partial charge in [0, 0.05) is 6.61 Å². The Balaban J connectivity index is 1.55. The first-order valence-electron chi connectivity index (χ1n) is 6.10. The van der Waals surface area contributed by atoms with E-state index in [9.17, 15) is 4.79 Å². The van der Waals surface area contributed by atoms with Crippen molar-refractivity contribution in [2.45, 2.75) is 25.9 Å². The fraction of sp³-hybridized carbons (Fsp3) is 0.500. The predicted octanol–water partition coefficient (Wildman–Crippen LogP) is 2.70. The van der Waals surface area contributed by atoms with Crippen LogP contribution in [0.15, 0.2) is 30.3 Å².